The molecule has 0 radical (unpaired) electrons. The fourth-order valence-electron chi connectivity index (χ4n) is 3.50. The van der Waals surface area contributed by atoms with Crippen LogP contribution in [0.5, 0.6) is 0 Å². The Morgan fingerprint density at radius 2 is 1.71 bits per heavy atom. The summed E-state index contributed by atoms with van der Waals surface area (Å²) in [5.41, 5.74) is 1.79. The Bertz CT molecular complexity index is 1180. The van der Waals surface area contributed by atoms with E-state index in [4.69, 9.17) is 21.4 Å². The van der Waals surface area contributed by atoms with Gasteiger partial charge in [0.2, 0.25) is 0 Å². The van der Waals surface area contributed by atoms with Crippen molar-refractivity contribution in [1.29, 1.82) is 0 Å². The lowest BCUT2D eigenvalue weighted by Gasteiger charge is -2.16. The van der Waals surface area contributed by atoms with E-state index in [-0.39, 0.29) is 37.6 Å². The Hall–Kier alpha value is -3.36. The number of ether oxygens (including phenoxy) is 1. The van der Waals surface area contributed by atoms with Gasteiger partial charge in [0.1, 0.15) is 6.61 Å². The lowest BCUT2D eigenvalue weighted by Crippen LogP contribution is -2.20. The molecule has 3 rings (SSSR count). The molecule has 3 aromatic carbocycles. The van der Waals surface area contributed by atoms with Crippen molar-refractivity contribution in [1.82, 2.24) is 5.32 Å². The summed E-state index contributed by atoms with van der Waals surface area (Å²) in [7, 11) is 0. The molecule has 35 heavy (non-hydrogen) atoms. The number of halogens is 4. The van der Waals surface area contributed by atoms with E-state index in [1.807, 2.05) is 30.3 Å². The van der Waals surface area contributed by atoms with Crippen LogP contribution >= 0.6 is 11.6 Å². The lowest BCUT2D eigenvalue weighted by atomic mass is 9.95. The van der Waals surface area contributed by atoms with Gasteiger partial charge in [-0.25, -0.2) is 0 Å². The Balaban J connectivity index is 1.71. The number of aliphatic carboxylic acids is 1. The van der Waals surface area contributed by atoms with E-state index >= 15 is 0 Å². The van der Waals surface area contributed by atoms with E-state index in [2.05, 4.69) is 5.32 Å². The number of alkyl halides is 3. The van der Waals surface area contributed by atoms with E-state index in [0.717, 1.165) is 17.7 Å². The molecular weight excluding hydrogens is 483 g/mol. The van der Waals surface area contributed by atoms with E-state index < -0.39 is 23.7 Å². The third-order valence-electron chi connectivity index (χ3n) is 5.12. The number of benzene rings is 3. The van der Waals surface area contributed by atoms with Gasteiger partial charge in [0, 0.05) is 18.1 Å². The van der Waals surface area contributed by atoms with Crippen LogP contribution in [0.15, 0.2) is 66.7 Å². The maximum Gasteiger partial charge on any atom is 0.416 e. The molecule has 9 heteroatoms. The average Bonchev–Trinajstić information content (AvgIpc) is 2.79. The highest BCUT2D eigenvalue weighted by atomic mass is 35.5. The molecule has 0 aromatic heterocycles. The van der Waals surface area contributed by atoms with Gasteiger partial charge in [-0.1, -0.05) is 54.1 Å². The molecule has 0 fully saturated rings. The number of carbonyl (C=O) groups is 2. The Morgan fingerprint density at radius 3 is 2.40 bits per heavy atom. The van der Waals surface area contributed by atoms with Crippen molar-refractivity contribution in [2.24, 2.45) is 0 Å². The lowest BCUT2D eigenvalue weighted by molar-refractivity contribution is -0.145. The topological polar surface area (TPSA) is 75.6 Å². The van der Waals surface area contributed by atoms with Crippen LogP contribution in [-0.2, 0) is 40.1 Å². The predicted molar refractivity (Wildman–Crippen MR) is 126 cm³/mol. The zero-order valence-electron chi connectivity index (χ0n) is 18.6. The van der Waals surface area contributed by atoms with Crippen LogP contribution in [0.3, 0.4) is 0 Å². The minimum absolute atomic E-state index is 0.0427. The third-order valence-corrected chi connectivity index (χ3v) is 5.34. The third kappa shape index (κ3) is 8.12. The molecule has 5 nitrogen and oxygen atoms in total. The van der Waals surface area contributed by atoms with Gasteiger partial charge >= 0.3 is 18.1 Å². The molecule has 0 aliphatic rings. The van der Waals surface area contributed by atoms with Gasteiger partial charge in [-0.05, 0) is 52.1 Å². The molecule has 0 amide bonds. The van der Waals surface area contributed by atoms with Crippen molar-refractivity contribution in [3.8, 4) is 11.1 Å². The van der Waals surface area contributed by atoms with Crippen molar-refractivity contribution in [2.75, 3.05) is 6.54 Å². The fourth-order valence-corrected chi connectivity index (χ4v) is 3.76. The molecule has 0 spiro atoms. The summed E-state index contributed by atoms with van der Waals surface area (Å²) in [6, 6.07) is 17.2. The van der Waals surface area contributed by atoms with Crippen LogP contribution in [0.1, 0.15) is 28.7 Å². The standard InChI is InChI=1S/C26H23ClF3NO4/c27-22-11-18(12-24(32)33)10-19(14-22)23-7-6-21(26(28,29)30)13-20(23)15-31-9-8-25(34)35-16-17-4-2-1-3-5-17/h1-7,10-11,13-14,31H,8-9,12,15-16H2,(H,32,33). The Kier molecular flexibility index (Phi) is 8.89. The quantitative estimate of drug-likeness (QED) is 0.266. The van der Waals surface area contributed by atoms with Crippen LogP contribution < -0.4 is 5.32 Å². The van der Waals surface area contributed by atoms with E-state index in [9.17, 15) is 22.8 Å². The number of nitrogens with one attached hydrogen (secondary N) is 1. The first kappa shape index (κ1) is 26.2. The molecule has 0 bridgehead atoms. The van der Waals surface area contributed by atoms with Crippen LogP contribution in [0.2, 0.25) is 5.02 Å². The van der Waals surface area contributed by atoms with Crippen molar-refractivity contribution in [3.63, 3.8) is 0 Å². The van der Waals surface area contributed by atoms with E-state index in [1.165, 1.54) is 12.1 Å². The SMILES string of the molecule is O=C(O)Cc1cc(Cl)cc(-c2ccc(C(F)(F)F)cc2CNCCC(=O)OCc2ccccc2)c1. The largest absolute Gasteiger partial charge is 0.481 e. The van der Waals surface area contributed by atoms with Crippen LogP contribution in [-0.4, -0.2) is 23.6 Å². The highest BCUT2D eigenvalue weighted by Crippen LogP contribution is 2.34. The second kappa shape index (κ2) is 11.9. The molecule has 0 aliphatic carbocycles. The van der Waals surface area contributed by atoms with Crippen LogP contribution in [0.25, 0.3) is 11.1 Å². The first-order chi connectivity index (χ1) is 16.6. The summed E-state index contributed by atoms with van der Waals surface area (Å²) < 4.78 is 45.2. The molecule has 0 heterocycles. The second-order valence-electron chi connectivity index (χ2n) is 7.86. The number of rotatable bonds is 10. The van der Waals surface area contributed by atoms with Gasteiger partial charge in [-0.2, -0.15) is 13.2 Å². The first-order valence-corrected chi connectivity index (χ1v) is 11.1. The zero-order valence-corrected chi connectivity index (χ0v) is 19.3. The van der Waals surface area contributed by atoms with Gasteiger partial charge in [-0.15, -0.1) is 0 Å². The highest BCUT2D eigenvalue weighted by Gasteiger charge is 2.31. The van der Waals surface area contributed by atoms with Crippen molar-refractivity contribution < 1.29 is 32.6 Å². The number of esters is 1. The molecule has 184 valence electrons. The minimum Gasteiger partial charge on any atom is -0.481 e. The Morgan fingerprint density at radius 1 is 0.971 bits per heavy atom. The number of carboxylic acid groups (broad SMARTS) is 1. The summed E-state index contributed by atoms with van der Waals surface area (Å²) in [5.74, 6) is -1.48. The number of hydrogen-bond donors (Lipinski definition) is 2. The van der Waals surface area contributed by atoms with E-state index in [0.29, 0.717) is 22.3 Å². The second-order valence-corrected chi connectivity index (χ2v) is 8.30. The normalized spacial score (nSPS) is 11.3. The molecule has 0 saturated heterocycles. The van der Waals surface area contributed by atoms with Gasteiger partial charge in [0.25, 0.3) is 0 Å². The van der Waals surface area contributed by atoms with Crippen molar-refractivity contribution in [3.05, 3.63) is 94.0 Å². The zero-order chi connectivity index (χ0) is 25.4. The van der Waals surface area contributed by atoms with Gasteiger partial charge in [-0.3, -0.25) is 9.59 Å². The summed E-state index contributed by atoms with van der Waals surface area (Å²) in [6.45, 7) is 0.389. The summed E-state index contributed by atoms with van der Waals surface area (Å²) >= 11 is 6.14. The van der Waals surface area contributed by atoms with Crippen LogP contribution in [0.4, 0.5) is 13.2 Å². The van der Waals surface area contributed by atoms with Crippen molar-refractivity contribution >= 4 is 23.5 Å². The summed E-state index contributed by atoms with van der Waals surface area (Å²) in [5, 5.41) is 12.3. The smallest absolute Gasteiger partial charge is 0.416 e. The number of carboxylic acids is 1. The molecule has 0 unspecified atom stereocenters. The van der Waals surface area contributed by atoms with Gasteiger partial charge in [0.05, 0.1) is 18.4 Å². The fraction of sp³-hybridized carbons (Fsp3) is 0.231. The van der Waals surface area contributed by atoms with Gasteiger partial charge in [0.15, 0.2) is 0 Å². The van der Waals surface area contributed by atoms with Crippen LogP contribution in [0, 0.1) is 0 Å². The molecule has 0 atom stereocenters. The molecule has 3 aromatic rings. The molecular formula is C26H23ClF3NO4. The Labute approximate surface area is 205 Å². The minimum atomic E-state index is -4.53. The highest BCUT2D eigenvalue weighted by molar-refractivity contribution is 6.31. The number of carbonyl (C=O) groups excluding carboxylic acids is 1. The van der Waals surface area contributed by atoms with Gasteiger partial charge < -0.3 is 15.2 Å². The molecule has 0 saturated carbocycles. The monoisotopic (exact) mass is 505 g/mol. The summed E-state index contributed by atoms with van der Waals surface area (Å²) in [6.07, 6.45) is -4.76. The average molecular weight is 506 g/mol. The molecule has 0 aliphatic heterocycles. The predicted octanol–water partition coefficient (Wildman–Crippen LogP) is 5.88. The van der Waals surface area contributed by atoms with Crippen molar-refractivity contribution in [2.45, 2.75) is 32.2 Å². The maximum absolute atomic E-state index is 13.3. The molecule has 2 N–H and O–H groups in total. The maximum atomic E-state index is 13.3. The number of hydrogen-bond acceptors (Lipinski definition) is 4. The summed E-state index contributed by atoms with van der Waals surface area (Å²) in [4.78, 5) is 23.1. The first-order valence-electron chi connectivity index (χ1n) is 10.7. The van der Waals surface area contributed by atoms with E-state index in [1.54, 1.807) is 12.1 Å².